The van der Waals surface area contributed by atoms with Crippen LogP contribution in [0.4, 0.5) is 4.39 Å². The van der Waals surface area contributed by atoms with Crippen molar-refractivity contribution >= 4 is 10.0 Å². The summed E-state index contributed by atoms with van der Waals surface area (Å²) in [6.45, 7) is 5.91. The summed E-state index contributed by atoms with van der Waals surface area (Å²) in [6.07, 6.45) is 0.733. The van der Waals surface area contributed by atoms with Gasteiger partial charge in [-0.1, -0.05) is 13.8 Å². The predicted molar refractivity (Wildman–Crippen MR) is 73.7 cm³/mol. The second-order valence-electron chi connectivity index (χ2n) is 4.99. The van der Waals surface area contributed by atoms with Crippen molar-refractivity contribution < 1.29 is 12.8 Å². The van der Waals surface area contributed by atoms with E-state index in [-0.39, 0.29) is 17.0 Å². The van der Waals surface area contributed by atoms with E-state index >= 15 is 0 Å². The summed E-state index contributed by atoms with van der Waals surface area (Å²) in [5.41, 5.74) is 6.02. The Labute approximate surface area is 114 Å². The molecule has 0 fully saturated rings. The Morgan fingerprint density at radius 2 is 2.00 bits per heavy atom. The summed E-state index contributed by atoms with van der Waals surface area (Å²) in [6, 6.07) is 2.69. The third-order valence-electron chi connectivity index (χ3n) is 2.90. The first-order valence-corrected chi connectivity index (χ1v) is 7.75. The Morgan fingerprint density at radius 1 is 1.37 bits per heavy atom. The Hall–Kier alpha value is -0.980. The van der Waals surface area contributed by atoms with Gasteiger partial charge in [0.2, 0.25) is 10.0 Å². The molecule has 0 aliphatic carbocycles. The van der Waals surface area contributed by atoms with E-state index in [4.69, 9.17) is 5.73 Å². The highest BCUT2D eigenvalue weighted by atomic mass is 32.2. The minimum absolute atomic E-state index is 0.0308. The maximum absolute atomic E-state index is 13.7. The van der Waals surface area contributed by atoms with Crippen LogP contribution in [0.15, 0.2) is 17.0 Å². The molecule has 0 aliphatic rings. The highest BCUT2D eigenvalue weighted by molar-refractivity contribution is 7.89. The van der Waals surface area contributed by atoms with Crippen molar-refractivity contribution in [1.82, 2.24) is 4.72 Å². The van der Waals surface area contributed by atoms with Crippen LogP contribution in [0, 0.1) is 18.7 Å². The quantitative estimate of drug-likeness (QED) is 0.840. The fourth-order valence-electron chi connectivity index (χ4n) is 1.66. The molecule has 0 saturated heterocycles. The summed E-state index contributed by atoms with van der Waals surface area (Å²) >= 11 is 0. The van der Waals surface area contributed by atoms with Crippen LogP contribution in [0.3, 0.4) is 0 Å². The highest BCUT2D eigenvalue weighted by Gasteiger charge is 2.19. The van der Waals surface area contributed by atoms with Gasteiger partial charge >= 0.3 is 0 Å². The van der Waals surface area contributed by atoms with Crippen LogP contribution < -0.4 is 10.5 Å². The van der Waals surface area contributed by atoms with Gasteiger partial charge in [-0.05, 0) is 37.0 Å². The molecule has 0 spiro atoms. The molecule has 0 aromatic heterocycles. The van der Waals surface area contributed by atoms with Gasteiger partial charge < -0.3 is 5.73 Å². The van der Waals surface area contributed by atoms with Gasteiger partial charge in [-0.3, -0.25) is 0 Å². The number of sulfonamides is 1. The number of nitrogens with one attached hydrogen (secondary N) is 1. The zero-order chi connectivity index (χ0) is 14.6. The van der Waals surface area contributed by atoms with E-state index in [0.29, 0.717) is 18.0 Å². The summed E-state index contributed by atoms with van der Waals surface area (Å²) in [4.78, 5) is -0.0308. The van der Waals surface area contributed by atoms with E-state index in [9.17, 15) is 12.8 Å². The molecule has 19 heavy (non-hydrogen) atoms. The standard InChI is InChI=1S/C13H21FN2O2S/c1-9(2)4-5-16-19(17,18)13-7-11(8-15)6-12(14)10(13)3/h6-7,9,16H,4-5,8,15H2,1-3H3. The average Bonchev–Trinajstić information content (AvgIpc) is 2.31. The Bertz CT molecular complexity index is 542. The summed E-state index contributed by atoms with van der Waals surface area (Å²) in [5, 5.41) is 0. The molecule has 0 aliphatic heterocycles. The van der Waals surface area contributed by atoms with Crippen molar-refractivity contribution in [2.75, 3.05) is 6.54 Å². The summed E-state index contributed by atoms with van der Waals surface area (Å²) in [7, 11) is -3.69. The number of hydrogen-bond acceptors (Lipinski definition) is 3. The first kappa shape index (κ1) is 16.1. The van der Waals surface area contributed by atoms with Gasteiger partial charge in [-0.2, -0.15) is 0 Å². The number of rotatable bonds is 6. The van der Waals surface area contributed by atoms with Crippen LogP contribution in [0.25, 0.3) is 0 Å². The number of nitrogens with two attached hydrogens (primary N) is 1. The molecule has 0 saturated carbocycles. The molecule has 108 valence electrons. The van der Waals surface area contributed by atoms with Crippen LogP contribution in [-0.2, 0) is 16.6 Å². The number of benzene rings is 1. The van der Waals surface area contributed by atoms with Gasteiger partial charge in [-0.15, -0.1) is 0 Å². The molecule has 0 amide bonds. The summed E-state index contributed by atoms with van der Waals surface area (Å²) < 4.78 is 40.4. The topological polar surface area (TPSA) is 72.2 Å². The van der Waals surface area contributed by atoms with Crippen molar-refractivity contribution in [2.24, 2.45) is 11.7 Å². The minimum Gasteiger partial charge on any atom is -0.326 e. The van der Waals surface area contributed by atoms with Crippen LogP contribution in [0.5, 0.6) is 0 Å². The van der Waals surface area contributed by atoms with Crippen molar-refractivity contribution in [3.8, 4) is 0 Å². The monoisotopic (exact) mass is 288 g/mol. The third-order valence-corrected chi connectivity index (χ3v) is 4.48. The second-order valence-corrected chi connectivity index (χ2v) is 6.72. The minimum atomic E-state index is -3.69. The third kappa shape index (κ3) is 4.26. The lowest BCUT2D eigenvalue weighted by Gasteiger charge is -2.12. The molecule has 1 aromatic carbocycles. The van der Waals surface area contributed by atoms with Gasteiger partial charge in [0.25, 0.3) is 0 Å². The molecule has 3 N–H and O–H groups in total. The van der Waals surface area contributed by atoms with Crippen molar-refractivity contribution in [2.45, 2.75) is 38.6 Å². The molecule has 0 unspecified atom stereocenters. The number of hydrogen-bond donors (Lipinski definition) is 2. The molecule has 6 heteroatoms. The Kier molecular flexibility index (Phi) is 5.46. The first-order chi connectivity index (χ1) is 8.77. The molecule has 0 radical (unpaired) electrons. The average molecular weight is 288 g/mol. The maximum Gasteiger partial charge on any atom is 0.240 e. The first-order valence-electron chi connectivity index (χ1n) is 6.26. The molecular formula is C13H21FN2O2S. The van der Waals surface area contributed by atoms with E-state index in [1.807, 2.05) is 13.8 Å². The molecule has 0 heterocycles. The zero-order valence-electron chi connectivity index (χ0n) is 11.5. The Morgan fingerprint density at radius 3 is 2.53 bits per heavy atom. The Balaban J connectivity index is 3.03. The van der Waals surface area contributed by atoms with Gasteiger partial charge in [0.15, 0.2) is 0 Å². The van der Waals surface area contributed by atoms with E-state index in [1.165, 1.54) is 19.1 Å². The summed E-state index contributed by atoms with van der Waals surface area (Å²) in [5.74, 6) is -0.150. The van der Waals surface area contributed by atoms with Crippen LogP contribution in [0.2, 0.25) is 0 Å². The molecule has 1 aromatic rings. The van der Waals surface area contributed by atoms with Crippen LogP contribution in [-0.4, -0.2) is 15.0 Å². The lowest BCUT2D eigenvalue weighted by molar-refractivity contribution is 0.548. The van der Waals surface area contributed by atoms with E-state index in [1.54, 1.807) is 0 Å². The van der Waals surface area contributed by atoms with Gasteiger partial charge in [0.1, 0.15) is 5.82 Å². The SMILES string of the molecule is Cc1c(F)cc(CN)cc1S(=O)(=O)NCCC(C)C. The van der Waals surface area contributed by atoms with Gasteiger partial charge in [0, 0.05) is 18.7 Å². The molecule has 0 bridgehead atoms. The van der Waals surface area contributed by atoms with Crippen molar-refractivity contribution in [1.29, 1.82) is 0 Å². The second kappa shape index (κ2) is 6.45. The smallest absolute Gasteiger partial charge is 0.240 e. The van der Waals surface area contributed by atoms with Gasteiger partial charge in [-0.25, -0.2) is 17.5 Å². The predicted octanol–water partition coefficient (Wildman–Crippen LogP) is 1.92. The van der Waals surface area contributed by atoms with E-state index in [0.717, 1.165) is 6.42 Å². The highest BCUT2D eigenvalue weighted by Crippen LogP contribution is 2.20. The maximum atomic E-state index is 13.7. The van der Waals surface area contributed by atoms with Gasteiger partial charge in [0.05, 0.1) is 4.90 Å². The van der Waals surface area contributed by atoms with E-state index in [2.05, 4.69) is 4.72 Å². The molecule has 0 atom stereocenters. The zero-order valence-corrected chi connectivity index (χ0v) is 12.3. The largest absolute Gasteiger partial charge is 0.326 e. The fraction of sp³-hybridized carbons (Fsp3) is 0.538. The lowest BCUT2D eigenvalue weighted by atomic mass is 10.1. The molecule has 1 rings (SSSR count). The number of halogens is 1. The van der Waals surface area contributed by atoms with Crippen molar-refractivity contribution in [3.63, 3.8) is 0 Å². The molecule has 4 nitrogen and oxygen atoms in total. The van der Waals surface area contributed by atoms with E-state index < -0.39 is 15.8 Å². The fourth-order valence-corrected chi connectivity index (χ4v) is 3.01. The lowest BCUT2D eigenvalue weighted by Crippen LogP contribution is -2.26. The van der Waals surface area contributed by atoms with Crippen LogP contribution in [0.1, 0.15) is 31.4 Å². The van der Waals surface area contributed by atoms with Crippen molar-refractivity contribution in [3.05, 3.63) is 29.1 Å². The normalized spacial score (nSPS) is 12.1. The van der Waals surface area contributed by atoms with Crippen LogP contribution >= 0.6 is 0 Å². The molecular weight excluding hydrogens is 267 g/mol.